The number of anilines is 1. The van der Waals surface area contributed by atoms with Gasteiger partial charge in [-0.05, 0) is 23.9 Å². The van der Waals surface area contributed by atoms with Crippen LogP contribution in [-0.2, 0) is 0 Å². The van der Waals surface area contributed by atoms with Gasteiger partial charge in [-0.15, -0.1) is 11.3 Å². The van der Waals surface area contributed by atoms with Crippen molar-refractivity contribution in [1.82, 2.24) is 0 Å². The fourth-order valence-electron chi connectivity index (χ4n) is 1.75. The Balaban J connectivity index is 2.26. The van der Waals surface area contributed by atoms with Gasteiger partial charge in [-0.2, -0.15) is 0 Å². The summed E-state index contributed by atoms with van der Waals surface area (Å²) in [6, 6.07) is 9.04. The first-order valence-electron chi connectivity index (χ1n) is 5.84. The Bertz CT molecular complexity index is 677. The van der Waals surface area contributed by atoms with Crippen LogP contribution in [0, 0.1) is 17.0 Å². The zero-order valence-corrected chi connectivity index (χ0v) is 11.5. The Hall–Kier alpha value is -2.47. The number of nitrogens with zero attached hydrogens (tertiary/aromatic N) is 1. The summed E-state index contributed by atoms with van der Waals surface area (Å²) in [5, 5.41) is 15.4. The number of ketones is 1. The van der Waals surface area contributed by atoms with Gasteiger partial charge < -0.3 is 5.32 Å². The second kappa shape index (κ2) is 6.12. The predicted molar refractivity (Wildman–Crippen MR) is 78.7 cm³/mol. The molecule has 1 aromatic heterocycles. The first-order chi connectivity index (χ1) is 9.59. The second-order valence-corrected chi connectivity index (χ2v) is 4.97. The summed E-state index contributed by atoms with van der Waals surface area (Å²) in [6.07, 6.45) is 2.00. The molecule has 0 spiro atoms. The van der Waals surface area contributed by atoms with E-state index < -0.39 is 4.92 Å². The molecule has 0 aliphatic heterocycles. The average Bonchev–Trinajstić information content (AvgIpc) is 2.86. The molecule has 0 amide bonds. The average molecular weight is 288 g/mol. The topological polar surface area (TPSA) is 72.2 Å². The van der Waals surface area contributed by atoms with Crippen molar-refractivity contribution in [3.8, 4) is 0 Å². The minimum absolute atomic E-state index is 0.0960. The third-order valence-electron chi connectivity index (χ3n) is 2.71. The number of hydrogen-bond donors (Lipinski definition) is 1. The number of aryl methyl sites for hydroxylation is 1. The minimum atomic E-state index is -0.566. The highest BCUT2D eigenvalue weighted by molar-refractivity contribution is 7.14. The van der Waals surface area contributed by atoms with E-state index in [1.54, 1.807) is 17.5 Å². The molecule has 0 aliphatic carbocycles. The molecule has 5 nitrogen and oxygen atoms in total. The molecule has 1 N–H and O–H groups in total. The van der Waals surface area contributed by atoms with Gasteiger partial charge >= 0.3 is 0 Å². The standard InChI is InChI=1S/C14H12N2O3S/c1-10-4-2-3-5-11(10)13(17)12-6-9-20-14(12)15-7-8-16(18)19/h2-9,15H,1H3/b8-7+. The SMILES string of the molecule is Cc1ccccc1C(=O)c1ccsc1N/C=C/[N+](=O)[O-]. The molecule has 0 fully saturated rings. The summed E-state index contributed by atoms with van der Waals surface area (Å²) < 4.78 is 0. The lowest BCUT2D eigenvalue weighted by molar-refractivity contribution is -0.402. The van der Waals surface area contributed by atoms with Crippen molar-refractivity contribution in [3.63, 3.8) is 0 Å². The first kappa shape index (κ1) is 14.0. The number of rotatable bonds is 5. The zero-order valence-electron chi connectivity index (χ0n) is 10.7. The molecule has 0 bridgehead atoms. The molecule has 0 radical (unpaired) electrons. The number of nitro groups is 1. The van der Waals surface area contributed by atoms with Crippen molar-refractivity contribution in [2.24, 2.45) is 0 Å². The lowest BCUT2D eigenvalue weighted by atomic mass is 10.0. The molecule has 2 rings (SSSR count). The van der Waals surface area contributed by atoms with Crippen molar-refractivity contribution in [2.45, 2.75) is 6.92 Å². The zero-order chi connectivity index (χ0) is 14.5. The van der Waals surface area contributed by atoms with Gasteiger partial charge in [-0.25, -0.2) is 0 Å². The summed E-state index contributed by atoms with van der Waals surface area (Å²) in [7, 11) is 0. The molecule has 2 aromatic rings. The number of carbonyl (C=O) groups is 1. The molecule has 0 unspecified atom stereocenters. The van der Waals surface area contributed by atoms with Crippen molar-refractivity contribution >= 4 is 22.1 Å². The summed E-state index contributed by atoms with van der Waals surface area (Å²) in [5.74, 6) is -0.0960. The van der Waals surface area contributed by atoms with Crippen LogP contribution >= 0.6 is 11.3 Å². The smallest absolute Gasteiger partial charge is 0.250 e. The van der Waals surface area contributed by atoms with Crippen LogP contribution in [-0.4, -0.2) is 10.7 Å². The third kappa shape index (κ3) is 3.10. The van der Waals surface area contributed by atoms with Crippen molar-refractivity contribution in [3.05, 3.63) is 74.9 Å². The predicted octanol–water partition coefficient (Wildman–Crippen LogP) is 3.45. The number of carbonyl (C=O) groups excluding carboxylic acids is 1. The van der Waals surface area contributed by atoms with Crippen LogP contribution in [0.1, 0.15) is 21.5 Å². The lowest BCUT2D eigenvalue weighted by Crippen LogP contribution is -2.04. The lowest BCUT2D eigenvalue weighted by Gasteiger charge is -2.05. The van der Waals surface area contributed by atoms with E-state index in [0.717, 1.165) is 11.8 Å². The molecular weight excluding hydrogens is 276 g/mol. The van der Waals surface area contributed by atoms with Crippen LogP contribution in [0.15, 0.2) is 48.1 Å². The largest absolute Gasteiger partial charge is 0.348 e. The van der Waals surface area contributed by atoms with E-state index in [1.807, 2.05) is 25.1 Å². The molecule has 102 valence electrons. The van der Waals surface area contributed by atoms with Crippen LogP contribution in [0.2, 0.25) is 0 Å². The van der Waals surface area contributed by atoms with Gasteiger partial charge in [0.05, 0.1) is 16.7 Å². The Morgan fingerprint density at radius 3 is 2.75 bits per heavy atom. The Labute approximate surface area is 119 Å². The number of benzene rings is 1. The maximum Gasteiger partial charge on any atom is 0.250 e. The van der Waals surface area contributed by atoms with Gasteiger partial charge in [0.25, 0.3) is 0 Å². The van der Waals surface area contributed by atoms with E-state index in [2.05, 4.69) is 5.32 Å². The van der Waals surface area contributed by atoms with E-state index in [1.165, 1.54) is 17.5 Å². The Morgan fingerprint density at radius 2 is 2.05 bits per heavy atom. The van der Waals surface area contributed by atoms with E-state index in [0.29, 0.717) is 16.1 Å². The van der Waals surface area contributed by atoms with Crippen molar-refractivity contribution in [1.29, 1.82) is 0 Å². The highest BCUT2D eigenvalue weighted by Gasteiger charge is 2.16. The van der Waals surface area contributed by atoms with E-state index in [-0.39, 0.29) is 5.78 Å². The highest BCUT2D eigenvalue weighted by Crippen LogP contribution is 2.26. The summed E-state index contributed by atoms with van der Waals surface area (Å²) in [6.45, 7) is 1.87. The number of hydrogen-bond acceptors (Lipinski definition) is 5. The summed E-state index contributed by atoms with van der Waals surface area (Å²) >= 11 is 1.32. The van der Waals surface area contributed by atoms with Crippen LogP contribution in [0.5, 0.6) is 0 Å². The van der Waals surface area contributed by atoms with Gasteiger partial charge in [0.15, 0.2) is 5.78 Å². The van der Waals surface area contributed by atoms with Gasteiger partial charge in [-0.3, -0.25) is 14.9 Å². The van der Waals surface area contributed by atoms with Gasteiger partial charge in [-0.1, -0.05) is 24.3 Å². The molecule has 0 saturated carbocycles. The van der Waals surface area contributed by atoms with Crippen LogP contribution in [0.25, 0.3) is 0 Å². The van der Waals surface area contributed by atoms with Crippen LogP contribution in [0.3, 0.4) is 0 Å². The second-order valence-electron chi connectivity index (χ2n) is 4.05. The molecule has 20 heavy (non-hydrogen) atoms. The molecule has 6 heteroatoms. The van der Waals surface area contributed by atoms with Gasteiger partial charge in [0, 0.05) is 5.56 Å². The van der Waals surface area contributed by atoms with Gasteiger partial charge in [0.1, 0.15) is 5.00 Å². The molecule has 1 aromatic carbocycles. The van der Waals surface area contributed by atoms with E-state index in [9.17, 15) is 14.9 Å². The van der Waals surface area contributed by atoms with Crippen molar-refractivity contribution < 1.29 is 9.72 Å². The molecule has 0 saturated heterocycles. The maximum atomic E-state index is 12.5. The van der Waals surface area contributed by atoms with Crippen molar-refractivity contribution in [2.75, 3.05) is 5.32 Å². The fraction of sp³-hybridized carbons (Fsp3) is 0.0714. The Morgan fingerprint density at radius 1 is 1.30 bits per heavy atom. The normalized spacial score (nSPS) is 10.7. The number of thiophene rings is 1. The summed E-state index contributed by atoms with van der Waals surface area (Å²) in [5.41, 5.74) is 2.04. The van der Waals surface area contributed by atoms with Gasteiger partial charge in [0.2, 0.25) is 6.20 Å². The number of nitrogens with one attached hydrogen (secondary N) is 1. The minimum Gasteiger partial charge on any atom is -0.348 e. The van der Waals surface area contributed by atoms with Crippen LogP contribution < -0.4 is 5.32 Å². The quantitative estimate of drug-likeness (QED) is 0.519. The third-order valence-corrected chi connectivity index (χ3v) is 3.56. The summed E-state index contributed by atoms with van der Waals surface area (Å²) in [4.78, 5) is 22.1. The van der Waals surface area contributed by atoms with E-state index in [4.69, 9.17) is 0 Å². The maximum absolute atomic E-state index is 12.5. The highest BCUT2D eigenvalue weighted by atomic mass is 32.1. The van der Waals surface area contributed by atoms with E-state index >= 15 is 0 Å². The fourth-order valence-corrected chi connectivity index (χ4v) is 2.51. The first-order valence-corrected chi connectivity index (χ1v) is 6.72. The van der Waals surface area contributed by atoms with Crippen LogP contribution in [0.4, 0.5) is 5.00 Å². The molecule has 0 atom stereocenters. The molecule has 1 heterocycles. The monoisotopic (exact) mass is 288 g/mol. The molecular formula is C14H12N2O3S. The Kier molecular flexibility index (Phi) is 4.27. The molecule has 0 aliphatic rings.